The van der Waals surface area contributed by atoms with Gasteiger partial charge < -0.3 is 28.6 Å². The average molecular weight is 401 g/mol. The molecule has 1 aliphatic rings. The number of ether oxygens (including phenoxy) is 5. The molecule has 0 N–H and O–H groups in total. The summed E-state index contributed by atoms with van der Waals surface area (Å²) in [7, 11) is 4.44. The number of benzene rings is 2. The SMILES string of the molecule is COC(=O)COc1ccc2c(c1)OCCN(Cc1ccc(OC)c(OC)c1)C2=O. The number of carbonyl (C=O) groups excluding carboxylic acids is 2. The van der Waals surface area contributed by atoms with Crippen LogP contribution in [0.4, 0.5) is 0 Å². The van der Waals surface area contributed by atoms with Crippen molar-refractivity contribution in [3.63, 3.8) is 0 Å². The van der Waals surface area contributed by atoms with Crippen molar-refractivity contribution < 1.29 is 33.3 Å². The van der Waals surface area contributed by atoms with Crippen molar-refractivity contribution in [2.24, 2.45) is 0 Å². The average Bonchev–Trinajstić information content (AvgIpc) is 2.90. The third-order valence-electron chi connectivity index (χ3n) is 4.50. The second-order valence-electron chi connectivity index (χ2n) is 6.29. The Morgan fingerprint density at radius 1 is 1.07 bits per heavy atom. The molecule has 0 fully saturated rings. The molecule has 1 heterocycles. The highest BCUT2D eigenvalue weighted by Gasteiger charge is 2.24. The van der Waals surface area contributed by atoms with Gasteiger partial charge >= 0.3 is 5.97 Å². The maximum atomic E-state index is 13.0. The lowest BCUT2D eigenvalue weighted by Gasteiger charge is -2.20. The van der Waals surface area contributed by atoms with Crippen molar-refractivity contribution in [1.29, 1.82) is 0 Å². The van der Waals surface area contributed by atoms with Crippen LogP contribution in [0, 0.1) is 0 Å². The van der Waals surface area contributed by atoms with Crippen LogP contribution >= 0.6 is 0 Å². The molecule has 154 valence electrons. The van der Waals surface area contributed by atoms with Gasteiger partial charge in [0.1, 0.15) is 18.1 Å². The van der Waals surface area contributed by atoms with Crippen molar-refractivity contribution in [1.82, 2.24) is 4.90 Å². The first-order chi connectivity index (χ1) is 14.0. The molecule has 8 heteroatoms. The van der Waals surface area contributed by atoms with E-state index in [-0.39, 0.29) is 12.5 Å². The van der Waals surface area contributed by atoms with Crippen LogP contribution in [0.5, 0.6) is 23.0 Å². The highest BCUT2D eigenvalue weighted by molar-refractivity contribution is 5.97. The Bertz CT molecular complexity index is 897. The van der Waals surface area contributed by atoms with Crippen molar-refractivity contribution in [2.45, 2.75) is 6.54 Å². The molecule has 0 saturated heterocycles. The Morgan fingerprint density at radius 3 is 2.59 bits per heavy atom. The Morgan fingerprint density at radius 2 is 1.86 bits per heavy atom. The fourth-order valence-electron chi connectivity index (χ4n) is 2.98. The summed E-state index contributed by atoms with van der Waals surface area (Å²) in [5.74, 6) is 1.45. The lowest BCUT2D eigenvalue weighted by Crippen LogP contribution is -2.31. The van der Waals surface area contributed by atoms with Crippen LogP contribution < -0.4 is 18.9 Å². The summed E-state index contributed by atoms with van der Waals surface area (Å²) in [6, 6.07) is 10.4. The van der Waals surface area contributed by atoms with Crippen LogP contribution in [0.3, 0.4) is 0 Å². The Kier molecular flexibility index (Phi) is 6.43. The van der Waals surface area contributed by atoms with Gasteiger partial charge in [0.15, 0.2) is 18.1 Å². The summed E-state index contributed by atoms with van der Waals surface area (Å²) >= 11 is 0. The van der Waals surface area contributed by atoms with Crippen LogP contribution in [0.1, 0.15) is 15.9 Å². The Balaban J connectivity index is 1.76. The van der Waals surface area contributed by atoms with Crippen LogP contribution in [0.25, 0.3) is 0 Å². The maximum absolute atomic E-state index is 13.0. The van der Waals surface area contributed by atoms with Gasteiger partial charge in [-0.15, -0.1) is 0 Å². The lowest BCUT2D eigenvalue weighted by molar-refractivity contribution is -0.142. The summed E-state index contributed by atoms with van der Waals surface area (Å²) in [4.78, 5) is 26.0. The van der Waals surface area contributed by atoms with Gasteiger partial charge in [0, 0.05) is 12.6 Å². The van der Waals surface area contributed by atoms with Gasteiger partial charge in [-0.1, -0.05) is 6.07 Å². The van der Waals surface area contributed by atoms with Crippen molar-refractivity contribution in [2.75, 3.05) is 41.1 Å². The van der Waals surface area contributed by atoms with Crippen molar-refractivity contribution >= 4 is 11.9 Å². The molecule has 0 unspecified atom stereocenters. The highest BCUT2D eigenvalue weighted by atomic mass is 16.6. The smallest absolute Gasteiger partial charge is 0.343 e. The molecule has 0 spiro atoms. The van der Waals surface area contributed by atoms with E-state index >= 15 is 0 Å². The van der Waals surface area contributed by atoms with Gasteiger partial charge in [0.05, 0.1) is 33.4 Å². The number of amides is 1. The molecule has 0 bridgehead atoms. The maximum Gasteiger partial charge on any atom is 0.343 e. The zero-order chi connectivity index (χ0) is 20.8. The van der Waals surface area contributed by atoms with Gasteiger partial charge in [-0.2, -0.15) is 0 Å². The summed E-state index contributed by atoms with van der Waals surface area (Å²) in [6.07, 6.45) is 0. The quantitative estimate of drug-likeness (QED) is 0.658. The zero-order valence-corrected chi connectivity index (χ0v) is 16.6. The third-order valence-corrected chi connectivity index (χ3v) is 4.50. The van der Waals surface area contributed by atoms with E-state index < -0.39 is 5.97 Å². The Hall–Kier alpha value is -3.42. The molecule has 1 amide bonds. The minimum absolute atomic E-state index is 0.146. The highest BCUT2D eigenvalue weighted by Crippen LogP contribution is 2.31. The summed E-state index contributed by atoms with van der Waals surface area (Å²) < 4.78 is 26.2. The number of nitrogens with zero attached hydrogens (tertiary/aromatic N) is 1. The Labute approximate surface area is 168 Å². The minimum Gasteiger partial charge on any atom is -0.493 e. The van der Waals surface area contributed by atoms with Crippen LogP contribution in [-0.4, -0.2) is 57.9 Å². The summed E-state index contributed by atoms with van der Waals surface area (Å²) in [5, 5.41) is 0. The molecule has 0 atom stereocenters. The van der Waals surface area contributed by atoms with Gasteiger partial charge in [-0.3, -0.25) is 4.79 Å². The van der Waals surface area contributed by atoms with Crippen LogP contribution in [0.15, 0.2) is 36.4 Å². The van der Waals surface area contributed by atoms with Gasteiger partial charge in [-0.25, -0.2) is 4.79 Å². The monoisotopic (exact) mass is 401 g/mol. The minimum atomic E-state index is -0.488. The molecule has 3 rings (SSSR count). The largest absolute Gasteiger partial charge is 0.493 e. The molecule has 2 aromatic carbocycles. The lowest BCUT2D eigenvalue weighted by atomic mass is 10.1. The number of esters is 1. The number of hydrogen-bond acceptors (Lipinski definition) is 7. The summed E-state index contributed by atoms with van der Waals surface area (Å²) in [5.41, 5.74) is 1.35. The first-order valence-corrected chi connectivity index (χ1v) is 9.02. The molecule has 0 saturated carbocycles. The predicted molar refractivity (Wildman–Crippen MR) is 104 cm³/mol. The normalized spacial score (nSPS) is 13.1. The van der Waals surface area contributed by atoms with E-state index in [1.54, 1.807) is 37.3 Å². The van der Waals surface area contributed by atoms with E-state index in [0.29, 0.717) is 48.3 Å². The second kappa shape index (κ2) is 9.18. The zero-order valence-electron chi connectivity index (χ0n) is 16.6. The molecular formula is C21H23NO7. The topological polar surface area (TPSA) is 83.5 Å². The van der Waals surface area contributed by atoms with Gasteiger partial charge in [-0.05, 0) is 29.8 Å². The molecular weight excluding hydrogens is 378 g/mol. The predicted octanol–water partition coefficient (Wildman–Crippen LogP) is 2.29. The number of methoxy groups -OCH3 is 3. The molecule has 0 radical (unpaired) electrons. The molecule has 2 aromatic rings. The van der Waals surface area contributed by atoms with E-state index in [1.807, 2.05) is 18.2 Å². The van der Waals surface area contributed by atoms with E-state index in [0.717, 1.165) is 5.56 Å². The molecule has 8 nitrogen and oxygen atoms in total. The molecule has 1 aliphatic heterocycles. The number of fused-ring (bicyclic) bond motifs is 1. The van der Waals surface area contributed by atoms with Crippen LogP contribution in [-0.2, 0) is 16.1 Å². The first-order valence-electron chi connectivity index (χ1n) is 9.02. The number of rotatable bonds is 7. The fourth-order valence-corrected chi connectivity index (χ4v) is 2.98. The second-order valence-corrected chi connectivity index (χ2v) is 6.29. The van der Waals surface area contributed by atoms with Gasteiger partial charge in [0.2, 0.25) is 0 Å². The van der Waals surface area contributed by atoms with E-state index in [9.17, 15) is 9.59 Å². The van der Waals surface area contributed by atoms with Crippen molar-refractivity contribution in [3.8, 4) is 23.0 Å². The van der Waals surface area contributed by atoms with E-state index in [1.165, 1.54) is 7.11 Å². The summed E-state index contributed by atoms with van der Waals surface area (Å²) in [6.45, 7) is 0.962. The fraction of sp³-hybridized carbons (Fsp3) is 0.333. The molecule has 29 heavy (non-hydrogen) atoms. The molecule has 0 aliphatic carbocycles. The van der Waals surface area contributed by atoms with Crippen LogP contribution in [0.2, 0.25) is 0 Å². The third kappa shape index (κ3) is 4.71. The van der Waals surface area contributed by atoms with E-state index in [4.69, 9.17) is 18.9 Å². The van der Waals surface area contributed by atoms with Crippen molar-refractivity contribution in [3.05, 3.63) is 47.5 Å². The standard InChI is InChI=1S/C21H23NO7/c1-25-17-7-4-14(10-19(17)26-2)12-22-8-9-28-18-11-15(29-13-20(23)27-3)5-6-16(18)21(22)24/h4-7,10-11H,8-9,12-13H2,1-3H3. The van der Waals surface area contributed by atoms with Gasteiger partial charge in [0.25, 0.3) is 5.91 Å². The number of carbonyl (C=O) groups is 2. The first kappa shape index (κ1) is 20.3. The molecule has 0 aromatic heterocycles. The van der Waals surface area contributed by atoms with E-state index in [2.05, 4.69) is 4.74 Å². The number of hydrogen-bond donors (Lipinski definition) is 0.